The molecule has 4 rings (SSSR count). The number of hydrogen-bond donors (Lipinski definition) is 2. The van der Waals surface area contributed by atoms with Crippen LogP contribution in [0.4, 0.5) is 0 Å². The molecule has 7 heteroatoms. The van der Waals surface area contributed by atoms with Gasteiger partial charge in [-0.05, 0) is 36.3 Å². The van der Waals surface area contributed by atoms with Gasteiger partial charge < -0.3 is 20.1 Å². The molecule has 3 aliphatic rings. The van der Waals surface area contributed by atoms with Gasteiger partial charge in [0, 0.05) is 25.9 Å². The SMILES string of the molecule is OCC1=C(N2CCC3(CCOC3)CC2)N=CC(c2cccc(Cl)c2Cl)N1. The van der Waals surface area contributed by atoms with Crippen molar-refractivity contribution in [1.82, 2.24) is 10.2 Å². The molecule has 1 aromatic rings. The summed E-state index contributed by atoms with van der Waals surface area (Å²) in [5.74, 6) is 0.829. The molecule has 2 N–H and O–H groups in total. The molecule has 2 fully saturated rings. The monoisotopic (exact) mass is 395 g/mol. The molecule has 0 radical (unpaired) electrons. The molecular weight excluding hydrogens is 373 g/mol. The van der Waals surface area contributed by atoms with Crippen LogP contribution in [0.3, 0.4) is 0 Å². The molecule has 5 nitrogen and oxygen atoms in total. The maximum Gasteiger partial charge on any atom is 0.149 e. The molecule has 1 spiro atoms. The summed E-state index contributed by atoms with van der Waals surface area (Å²) in [4.78, 5) is 6.93. The van der Waals surface area contributed by atoms with Gasteiger partial charge in [0.2, 0.25) is 0 Å². The van der Waals surface area contributed by atoms with Gasteiger partial charge in [-0.25, -0.2) is 4.99 Å². The Morgan fingerprint density at radius 2 is 2.08 bits per heavy atom. The van der Waals surface area contributed by atoms with Crippen LogP contribution in [0.1, 0.15) is 30.9 Å². The molecule has 1 atom stereocenters. The molecule has 2 saturated heterocycles. The summed E-state index contributed by atoms with van der Waals surface area (Å²) in [6.07, 6.45) is 5.21. The van der Waals surface area contributed by atoms with Crippen LogP contribution in [0.25, 0.3) is 0 Å². The highest BCUT2D eigenvalue weighted by molar-refractivity contribution is 6.42. The fourth-order valence-electron chi connectivity index (χ4n) is 4.06. The number of nitrogens with zero attached hydrogens (tertiary/aromatic N) is 2. The largest absolute Gasteiger partial charge is 0.390 e. The lowest BCUT2D eigenvalue weighted by molar-refractivity contribution is 0.0928. The van der Waals surface area contributed by atoms with Crippen LogP contribution in [0.15, 0.2) is 34.7 Å². The highest BCUT2D eigenvalue weighted by Crippen LogP contribution is 2.40. The van der Waals surface area contributed by atoms with Crippen LogP contribution >= 0.6 is 23.2 Å². The number of piperidine rings is 1. The van der Waals surface area contributed by atoms with Crippen molar-refractivity contribution in [2.24, 2.45) is 10.4 Å². The van der Waals surface area contributed by atoms with Gasteiger partial charge in [-0.2, -0.15) is 0 Å². The zero-order valence-corrected chi connectivity index (χ0v) is 16.1. The number of likely N-dealkylation sites (tertiary alicyclic amines) is 1. The van der Waals surface area contributed by atoms with Gasteiger partial charge >= 0.3 is 0 Å². The average Bonchev–Trinajstić information content (AvgIpc) is 3.12. The van der Waals surface area contributed by atoms with E-state index in [1.807, 2.05) is 18.3 Å². The maximum absolute atomic E-state index is 9.89. The number of aliphatic hydroxyl groups is 1. The molecule has 0 bridgehead atoms. The summed E-state index contributed by atoms with van der Waals surface area (Å²) in [5.41, 5.74) is 1.93. The summed E-state index contributed by atoms with van der Waals surface area (Å²) in [6, 6.07) is 5.34. The molecule has 3 aliphatic heterocycles. The third kappa shape index (κ3) is 3.33. The van der Waals surface area contributed by atoms with Crippen molar-refractivity contribution < 1.29 is 9.84 Å². The van der Waals surface area contributed by atoms with Crippen LogP contribution in [0.2, 0.25) is 10.0 Å². The minimum atomic E-state index is -0.202. The second kappa shape index (κ2) is 7.39. The highest BCUT2D eigenvalue weighted by atomic mass is 35.5. The van der Waals surface area contributed by atoms with E-state index in [0.717, 1.165) is 62.6 Å². The number of aliphatic hydroxyl groups excluding tert-OH is 1. The van der Waals surface area contributed by atoms with Crippen LogP contribution in [-0.4, -0.2) is 49.1 Å². The summed E-state index contributed by atoms with van der Waals surface area (Å²) in [5, 5.41) is 14.3. The molecule has 140 valence electrons. The number of halogens is 2. The zero-order chi connectivity index (χ0) is 18.1. The van der Waals surface area contributed by atoms with E-state index in [0.29, 0.717) is 15.5 Å². The molecule has 3 heterocycles. The van der Waals surface area contributed by atoms with Crippen molar-refractivity contribution in [3.05, 3.63) is 45.3 Å². The Balaban J connectivity index is 1.50. The van der Waals surface area contributed by atoms with Crippen molar-refractivity contribution in [2.45, 2.75) is 25.3 Å². The second-order valence-corrected chi connectivity index (χ2v) is 8.08. The first-order valence-corrected chi connectivity index (χ1v) is 9.79. The minimum Gasteiger partial charge on any atom is -0.390 e. The minimum absolute atomic E-state index is 0.0912. The lowest BCUT2D eigenvalue weighted by atomic mass is 9.78. The molecular formula is C19H23Cl2N3O2. The predicted molar refractivity (Wildman–Crippen MR) is 104 cm³/mol. The van der Waals surface area contributed by atoms with Crippen molar-refractivity contribution in [1.29, 1.82) is 0 Å². The first-order valence-electron chi connectivity index (χ1n) is 9.03. The highest BCUT2D eigenvalue weighted by Gasteiger charge is 2.39. The fraction of sp³-hybridized carbons (Fsp3) is 0.526. The van der Waals surface area contributed by atoms with Crippen molar-refractivity contribution in [3.8, 4) is 0 Å². The Hall–Kier alpha value is -1.27. The molecule has 0 saturated carbocycles. The van der Waals surface area contributed by atoms with E-state index in [1.54, 1.807) is 6.07 Å². The summed E-state index contributed by atoms with van der Waals surface area (Å²) < 4.78 is 5.61. The second-order valence-electron chi connectivity index (χ2n) is 7.29. The van der Waals surface area contributed by atoms with Gasteiger partial charge in [0.1, 0.15) is 5.82 Å². The van der Waals surface area contributed by atoms with Gasteiger partial charge in [-0.1, -0.05) is 35.3 Å². The van der Waals surface area contributed by atoms with Crippen LogP contribution in [0.5, 0.6) is 0 Å². The normalized spacial score (nSPS) is 25.0. The van der Waals surface area contributed by atoms with E-state index < -0.39 is 0 Å². The fourth-order valence-corrected chi connectivity index (χ4v) is 4.48. The topological polar surface area (TPSA) is 57.1 Å². The average molecular weight is 396 g/mol. The van der Waals surface area contributed by atoms with Crippen LogP contribution < -0.4 is 5.32 Å². The first-order chi connectivity index (χ1) is 12.6. The maximum atomic E-state index is 9.89. The number of hydrogen-bond acceptors (Lipinski definition) is 5. The summed E-state index contributed by atoms with van der Waals surface area (Å²) >= 11 is 12.5. The van der Waals surface area contributed by atoms with Crippen LogP contribution in [0, 0.1) is 5.41 Å². The summed E-state index contributed by atoms with van der Waals surface area (Å²) in [7, 11) is 0. The van der Waals surface area contributed by atoms with E-state index in [1.165, 1.54) is 0 Å². The van der Waals surface area contributed by atoms with E-state index in [9.17, 15) is 5.11 Å². The van der Waals surface area contributed by atoms with Crippen molar-refractivity contribution >= 4 is 29.4 Å². The molecule has 26 heavy (non-hydrogen) atoms. The number of benzene rings is 1. The van der Waals surface area contributed by atoms with E-state index in [4.69, 9.17) is 27.9 Å². The number of nitrogens with one attached hydrogen (secondary N) is 1. The van der Waals surface area contributed by atoms with Crippen LogP contribution in [-0.2, 0) is 4.74 Å². The van der Waals surface area contributed by atoms with Crippen molar-refractivity contribution in [3.63, 3.8) is 0 Å². The third-order valence-corrected chi connectivity index (χ3v) is 6.56. The quantitative estimate of drug-likeness (QED) is 0.823. The summed E-state index contributed by atoms with van der Waals surface area (Å²) in [6.45, 7) is 3.54. The third-order valence-electron chi connectivity index (χ3n) is 5.73. The van der Waals surface area contributed by atoms with E-state index in [2.05, 4.69) is 15.2 Å². The molecule has 0 amide bonds. The Bertz CT molecular complexity index is 734. The van der Waals surface area contributed by atoms with E-state index >= 15 is 0 Å². The van der Waals surface area contributed by atoms with Gasteiger partial charge in [-0.3, -0.25) is 0 Å². The number of aliphatic imine (C=N–C) groups is 1. The van der Waals surface area contributed by atoms with Gasteiger partial charge in [0.05, 0.1) is 35.0 Å². The Kier molecular flexibility index (Phi) is 5.15. The standard InChI is InChI=1S/C19H23Cl2N3O2/c20-14-3-1-2-13(17(14)21)15-10-22-18(16(11-25)23-15)24-7-4-19(5-8-24)6-9-26-12-19/h1-3,10,15,23,25H,4-9,11-12H2. The number of rotatable bonds is 3. The number of ether oxygens (including phenoxy) is 1. The lowest BCUT2D eigenvalue weighted by Gasteiger charge is -2.40. The Labute approximate surface area is 163 Å². The first kappa shape index (κ1) is 18.1. The van der Waals surface area contributed by atoms with E-state index in [-0.39, 0.29) is 12.6 Å². The molecule has 1 unspecified atom stereocenters. The smallest absolute Gasteiger partial charge is 0.149 e. The molecule has 1 aromatic carbocycles. The van der Waals surface area contributed by atoms with Gasteiger partial charge in [-0.15, -0.1) is 0 Å². The Morgan fingerprint density at radius 1 is 1.27 bits per heavy atom. The lowest BCUT2D eigenvalue weighted by Crippen LogP contribution is -2.42. The van der Waals surface area contributed by atoms with Gasteiger partial charge in [0.25, 0.3) is 0 Å². The van der Waals surface area contributed by atoms with Crippen molar-refractivity contribution in [2.75, 3.05) is 32.9 Å². The predicted octanol–water partition coefficient (Wildman–Crippen LogP) is 3.37. The zero-order valence-electron chi connectivity index (χ0n) is 14.5. The molecule has 0 aliphatic carbocycles. The molecule has 0 aromatic heterocycles. The Morgan fingerprint density at radius 3 is 2.77 bits per heavy atom. The van der Waals surface area contributed by atoms with Gasteiger partial charge in [0.15, 0.2) is 0 Å².